The van der Waals surface area contributed by atoms with Gasteiger partial charge < -0.3 is 5.32 Å². The summed E-state index contributed by atoms with van der Waals surface area (Å²) in [5.41, 5.74) is 1.97. The second-order valence-electron chi connectivity index (χ2n) is 5.00. The van der Waals surface area contributed by atoms with E-state index in [-0.39, 0.29) is 10.1 Å². The highest BCUT2D eigenvalue weighted by Crippen LogP contribution is 2.33. The van der Waals surface area contributed by atoms with Crippen molar-refractivity contribution >= 4 is 71.2 Å². The van der Waals surface area contributed by atoms with Crippen LogP contribution in [0.5, 0.6) is 0 Å². The molecule has 1 amide bonds. The van der Waals surface area contributed by atoms with E-state index in [1.807, 2.05) is 6.92 Å². The van der Waals surface area contributed by atoms with E-state index in [4.69, 9.17) is 11.6 Å². The molecule has 126 valence electrons. The van der Waals surface area contributed by atoms with Gasteiger partial charge in [-0.3, -0.25) is 9.52 Å². The van der Waals surface area contributed by atoms with E-state index in [0.717, 1.165) is 27.1 Å². The van der Waals surface area contributed by atoms with Crippen molar-refractivity contribution in [3.8, 4) is 0 Å². The molecule has 2 aromatic heterocycles. The molecular formula is C14H12ClN3O3S3. The minimum atomic E-state index is -3.69. The van der Waals surface area contributed by atoms with Crippen LogP contribution in [-0.2, 0) is 14.8 Å². The summed E-state index contributed by atoms with van der Waals surface area (Å²) in [5, 5.41) is 3.11. The van der Waals surface area contributed by atoms with Crippen molar-refractivity contribution in [2.75, 3.05) is 10.0 Å². The van der Waals surface area contributed by atoms with Crippen LogP contribution in [0.15, 0.2) is 28.5 Å². The zero-order valence-corrected chi connectivity index (χ0v) is 15.8. The molecule has 3 aromatic rings. The predicted octanol–water partition coefficient (Wildman–Crippen LogP) is 4.08. The highest BCUT2D eigenvalue weighted by molar-refractivity contribution is 7.94. The molecule has 0 saturated carbocycles. The lowest BCUT2D eigenvalue weighted by atomic mass is 10.2. The van der Waals surface area contributed by atoms with Crippen LogP contribution in [0.25, 0.3) is 10.2 Å². The van der Waals surface area contributed by atoms with Crippen molar-refractivity contribution in [3.05, 3.63) is 34.2 Å². The number of anilines is 2. The number of fused-ring (bicyclic) bond motifs is 1. The van der Waals surface area contributed by atoms with Gasteiger partial charge in [0, 0.05) is 6.92 Å². The maximum atomic E-state index is 12.4. The lowest BCUT2D eigenvalue weighted by Gasteiger charge is -2.07. The minimum absolute atomic E-state index is 0.147. The number of halogens is 1. The number of thiophene rings is 1. The molecule has 24 heavy (non-hydrogen) atoms. The van der Waals surface area contributed by atoms with Crippen LogP contribution in [0.3, 0.4) is 0 Å². The van der Waals surface area contributed by atoms with E-state index in [2.05, 4.69) is 15.0 Å². The van der Waals surface area contributed by atoms with Crippen molar-refractivity contribution in [2.24, 2.45) is 0 Å². The molecule has 0 atom stereocenters. The van der Waals surface area contributed by atoms with Crippen molar-refractivity contribution in [2.45, 2.75) is 18.1 Å². The van der Waals surface area contributed by atoms with Gasteiger partial charge in [0.05, 0.1) is 20.2 Å². The second-order valence-corrected chi connectivity index (χ2v) is 9.66. The third-order valence-electron chi connectivity index (χ3n) is 3.03. The molecule has 6 nitrogen and oxygen atoms in total. The largest absolute Gasteiger partial charge is 0.302 e. The highest BCUT2D eigenvalue weighted by atomic mass is 35.5. The van der Waals surface area contributed by atoms with Crippen LogP contribution >= 0.6 is 34.3 Å². The molecular weight excluding hydrogens is 390 g/mol. The number of aromatic nitrogens is 1. The number of aryl methyl sites for hydroxylation is 1. The molecule has 2 heterocycles. The number of hydrogen-bond acceptors (Lipinski definition) is 6. The number of nitrogens with one attached hydrogen (secondary N) is 2. The SMILES string of the molecule is CC(=O)Nc1nc2c(C)cc(NS(=O)(=O)c3ccc(Cl)s3)cc2s1. The van der Waals surface area contributed by atoms with Gasteiger partial charge in [0.2, 0.25) is 5.91 Å². The van der Waals surface area contributed by atoms with Crippen LogP contribution in [0, 0.1) is 6.92 Å². The number of thiazole rings is 1. The first-order valence-corrected chi connectivity index (χ1v) is 10.2. The third kappa shape index (κ3) is 3.54. The number of carbonyl (C=O) groups is 1. The smallest absolute Gasteiger partial charge is 0.271 e. The van der Waals surface area contributed by atoms with Gasteiger partial charge in [-0.15, -0.1) is 11.3 Å². The molecule has 2 N–H and O–H groups in total. The first-order chi connectivity index (χ1) is 11.2. The standard InChI is InChI=1S/C14H12ClN3O3S3/c1-7-5-9(18-24(20,21)12-4-3-11(15)23-12)6-10-13(7)17-14(22-10)16-8(2)19/h3-6,18H,1-2H3,(H,16,17,19). The highest BCUT2D eigenvalue weighted by Gasteiger charge is 2.18. The van der Waals surface area contributed by atoms with Gasteiger partial charge in [0.25, 0.3) is 10.0 Å². The summed E-state index contributed by atoms with van der Waals surface area (Å²) in [6.07, 6.45) is 0. The van der Waals surface area contributed by atoms with Crippen molar-refractivity contribution in [1.29, 1.82) is 0 Å². The number of amides is 1. The van der Waals surface area contributed by atoms with Crippen LogP contribution < -0.4 is 10.0 Å². The van der Waals surface area contributed by atoms with Crippen LogP contribution in [0.2, 0.25) is 4.34 Å². The molecule has 0 saturated heterocycles. The molecule has 0 radical (unpaired) electrons. The fraction of sp³-hybridized carbons (Fsp3) is 0.143. The van der Waals surface area contributed by atoms with E-state index >= 15 is 0 Å². The molecule has 10 heteroatoms. The fourth-order valence-corrected chi connectivity index (χ4v) is 5.66. The van der Waals surface area contributed by atoms with Crippen molar-refractivity contribution in [3.63, 3.8) is 0 Å². The van der Waals surface area contributed by atoms with Gasteiger partial charge in [-0.2, -0.15) is 0 Å². The lowest BCUT2D eigenvalue weighted by molar-refractivity contribution is -0.114. The maximum absolute atomic E-state index is 12.4. The number of nitrogens with zero attached hydrogens (tertiary/aromatic N) is 1. The van der Waals surface area contributed by atoms with Crippen LogP contribution in [0.1, 0.15) is 12.5 Å². The summed E-state index contributed by atoms with van der Waals surface area (Å²) in [7, 11) is -3.69. The lowest BCUT2D eigenvalue weighted by Crippen LogP contribution is -2.11. The average Bonchev–Trinajstić information content (AvgIpc) is 3.04. The molecule has 1 aromatic carbocycles. The Kier molecular flexibility index (Phi) is 4.52. The number of carbonyl (C=O) groups excluding carboxylic acids is 1. The van der Waals surface area contributed by atoms with Gasteiger partial charge in [0.1, 0.15) is 4.21 Å². The molecule has 0 fully saturated rings. The average molecular weight is 402 g/mol. The molecule has 0 spiro atoms. The monoisotopic (exact) mass is 401 g/mol. The van der Waals surface area contributed by atoms with Crippen molar-refractivity contribution in [1.82, 2.24) is 4.98 Å². The van der Waals surface area contributed by atoms with E-state index in [0.29, 0.717) is 15.2 Å². The fourth-order valence-electron chi connectivity index (χ4n) is 2.11. The number of benzene rings is 1. The summed E-state index contributed by atoms with van der Waals surface area (Å²) in [4.78, 5) is 15.5. The molecule has 0 aliphatic heterocycles. The van der Waals surface area contributed by atoms with Gasteiger partial charge in [-0.25, -0.2) is 13.4 Å². The Morgan fingerprint density at radius 1 is 1.25 bits per heavy atom. The molecule has 0 aliphatic carbocycles. The zero-order chi connectivity index (χ0) is 17.5. The number of hydrogen-bond donors (Lipinski definition) is 2. The zero-order valence-electron chi connectivity index (χ0n) is 12.6. The maximum Gasteiger partial charge on any atom is 0.271 e. The first kappa shape index (κ1) is 17.2. The second kappa shape index (κ2) is 6.32. The summed E-state index contributed by atoms with van der Waals surface area (Å²) >= 11 is 8.08. The Balaban J connectivity index is 1.97. The summed E-state index contributed by atoms with van der Waals surface area (Å²) in [5.74, 6) is -0.206. The Labute approximate surface area is 151 Å². The van der Waals surface area contributed by atoms with E-state index in [9.17, 15) is 13.2 Å². The minimum Gasteiger partial charge on any atom is -0.302 e. The Hall–Kier alpha value is -1.68. The van der Waals surface area contributed by atoms with Gasteiger partial charge in [-0.1, -0.05) is 22.9 Å². The summed E-state index contributed by atoms with van der Waals surface area (Å²) < 4.78 is 28.6. The van der Waals surface area contributed by atoms with Crippen LogP contribution in [0.4, 0.5) is 10.8 Å². The van der Waals surface area contributed by atoms with E-state index < -0.39 is 10.0 Å². The Morgan fingerprint density at radius 2 is 2.00 bits per heavy atom. The molecule has 3 rings (SSSR count). The normalized spacial score (nSPS) is 11.6. The van der Waals surface area contributed by atoms with Crippen LogP contribution in [-0.4, -0.2) is 19.3 Å². The predicted molar refractivity (Wildman–Crippen MR) is 98.8 cm³/mol. The van der Waals surface area contributed by atoms with Crippen molar-refractivity contribution < 1.29 is 13.2 Å². The topological polar surface area (TPSA) is 88.2 Å². The Bertz CT molecular complexity index is 1040. The first-order valence-electron chi connectivity index (χ1n) is 6.71. The van der Waals surface area contributed by atoms with E-state index in [1.54, 1.807) is 12.1 Å². The van der Waals surface area contributed by atoms with Gasteiger partial charge >= 0.3 is 0 Å². The quantitative estimate of drug-likeness (QED) is 0.689. The van der Waals surface area contributed by atoms with Gasteiger partial charge in [0.15, 0.2) is 5.13 Å². The Morgan fingerprint density at radius 3 is 2.62 bits per heavy atom. The molecule has 0 aliphatic rings. The summed E-state index contributed by atoms with van der Waals surface area (Å²) in [6, 6.07) is 6.39. The molecule has 0 bridgehead atoms. The number of sulfonamides is 1. The van der Waals surface area contributed by atoms with Gasteiger partial charge in [-0.05, 0) is 36.8 Å². The third-order valence-corrected chi connectivity index (χ3v) is 7.06. The number of rotatable bonds is 4. The van der Waals surface area contributed by atoms with E-state index in [1.165, 1.54) is 30.4 Å². The summed E-state index contributed by atoms with van der Waals surface area (Å²) in [6.45, 7) is 3.24. The molecule has 0 unspecified atom stereocenters.